The van der Waals surface area contributed by atoms with Crippen molar-refractivity contribution in [3.63, 3.8) is 0 Å². The quantitative estimate of drug-likeness (QED) is 0.925. The van der Waals surface area contributed by atoms with Crippen molar-refractivity contribution in [1.82, 2.24) is 10.2 Å². The van der Waals surface area contributed by atoms with E-state index < -0.39 is 11.7 Å². The van der Waals surface area contributed by atoms with E-state index in [0.717, 1.165) is 4.88 Å². The third kappa shape index (κ3) is 4.00. The lowest BCUT2D eigenvalue weighted by Gasteiger charge is -2.32. The largest absolute Gasteiger partial charge is 0.349 e. The lowest BCUT2D eigenvalue weighted by molar-refractivity contribution is -0.131. The number of carbonyl (C=O) groups excluding carboxylic acids is 2. The van der Waals surface area contributed by atoms with Gasteiger partial charge in [0.25, 0.3) is 5.91 Å². The average Bonchev–Trinajstić information content (AvgIpc) is 3.08. The summed E-state index contributed by atoms with van der Waals surface area (Å²) in [6, 6.07) is 9.84. The molecule has 0 saturated carbocycles. The van der Waals surface area contributed by atoms with Crippen molar-refractivity contribution in [2.24, 2.45) is 0 Å². The number of hydrogen-bond donors (Lipinski definition) is 1. The smallest absolute Gasteiger partial charge is 0.254 e. The summed E-state index contributed by atoms with van der Waals surface area (Å²) >= 11 is 1.58. The van der Waals surface area contributed by atoms with Gasteiger partial charge in [0.15, 0.2) is 0 Å². The fourth-order valence-corrected chi connectivity index (χ4v) is 3.55. The van der Waals surface area contributed by atoms with Crippen LogP contribution in [-0.2, 0) is 11.2 Å². The molecule has 6 heteroatoms. The Labute approximate surface area is 144 Å². The Hall–Kier alpha value is -2.21. The first-order valence-electron chi connectivity index (χ1n) is 7.99. The second-order valence-electron chi connectivity index (χ2n) is 5.86. The van der Waals surface area contributed by atoms with E-state index in [0.29, 0.717) is 32.4 Å². The number of carbonyl (C=O) groups is 2. The zero-order valence-electron chi connectivity index (χ0n) is 13.2. The molecule has 1 saturated heterocycles. The first-order chi connectivity index (χ1) is 11.6. The number of hydrogen-bond acceptors (Lipinski definition) is 3. The summed E-state index contributed by atoms with van der Waals surface area (Å²) in [6.45, 7) is 1.23. The summed E-state index contributed by atoms with van der Waals surface area (Å²) < 4.78 is 13.6. The van der Waals surface area contributed by atoms with Crippen LogP contribution in [-0.4, -0.2) is 35.8 Å². The standard InChI is InChI=1S/C18H19FN2O2S/c19-16-6-2-1-5-15(16)18(23)20-13-7-9-21(10-8-13)17(22)12-14-4-3-11-24-14/h1-6,11,13H,7-10,12H2,(H,20,23). The maximum Gasteiger partial charge on any atom is 0.254 e. The zero-order chi connectivity index (χ0) is 16.9. The molecule has 1 aromatic carbocycles. The van der Waals surface area contributed by atoms with E-state index in [1.54, 1.807) is 23.5 Å². The molecule has 0 aliphatic carbocycles. The van der Waals surface area contributed by atoms with Crippen LogP contribution in [0.4, 0.5) is 4.39 Å². The molecule has 1 fully saturated rings. The number of likely N-dealkylation sites (tertiary alicyclic amines) is 1. The summed E-state index contributed by atoms with van der Waals surface area (Å²) in [7, 11) is 0. The van der Waals surface area contributed by atoms with Crippen LogP contribution in [0.15, 0.2) is 41.8 Å². The van der Waals surface area contributed by atoms with Crippen LogP contribution in [0.2, 0.25) is 0 Å². The van der Waals surface area contributed by atoms with Crippen molar-refractivity contribution in [2.75, 3.05) is 13.1 Å². The van der Waals surface area contributed by atoms with E-state index in [4.69, 9.17) is 0 Å². The Morgan fingerprint density at radius 3 is 2.58 bits per heavy atom. The van der Waals surface area contributed by atoms with Gasteiger partial charge in [-0.1, -0.05) is 18.2 Å². The number of amides is 2. The number of nitrogens with zero attached hydrogens (tertiary/aromatic N) is 1. The van der Waals surface area contributed by atoms with E-state index in [2.05, 4.69) is 5.32 Å². The maximum atomic E-state index is 13.6. The van der Waals surface area contributed by atoms with E-state index in [1.165, 1.54) is 12.1 Å². The minimum Gasteiger partial charge on any atom is -0.349 e. The van der Waals surface area contributed by atoms with Gasteiger partial charge in [0.1, 0.15) is 5.82 Å². The highest BCUT2D eigenvalue weighted by Crippen LogP contribution is 2.16. The maximum absolute atomic E-state index is 13.6. The molecule has 0 radical (unpaired) electrons. The summed E-state index contributed by atoms with van der Waals surface area (Å²) in [6.07, 6.45) is 1.82. The van der Waals surface area contributed by atoms with E-state index >= 15 is 0 Å². The predicted octanol–water partition coefficient (Wildman–Crippen LogP) is 2.85. The third-order valence-electron chi connectivity index (χ3n) is 4.21. The average molecular weight is 346 g/mol. The minimum absolute atomic E-state index is 0.0251. The minimum atomic E-state index is -0.515. The first kappa shape index (κ1) is 16.6. The summed E-state index contributed by atoms with van der Waals surface area (Å²) in [5.41, 5.74) is 0.0636. The molecule has 1 aliphatic heterocycles. The topological polar surface area (TPSA) is 49.4 Å². The molecule has 2 amide bonds. The molecule has 2 aromatic rings. The van der Waals surface area contributed by atoms with Crippen LogP contribution < -0.4 is 5.32 Å². The number of halogens is 1. The van der Waals surface area contributed by atoms with Crippen molar-refractivity contribution in [3.8, 4) is 0 Å². The normalized spacial score (nSPS) is 15.3. The highest BCUT2D eigenvalue weighted by Gasteiger charge is 2.24. The third-order valence-corrected chi connectivity index (χ3v) is 5.08. The highest BCUT2D eigenvalue weighted by molar-refractivity contribution is 7.10. The lowest BCUT2D eigenvalue weighted by atomic mass is 10.0. The van der Waals surface area contributed by atoms with Crippen LogP contribution in [0, 0.1) is 5.82 Å². The molecule has 0 bridgehead atoms. The van der Waals surface area contributed by atoms with Crippen molar-refractivity contribution >= 4 is 23.2 Å². The van der Waals surface area contributed by atoms with Gasteiger partial charge in [0.05, 0.1) is 12.0 Å². The molecular formula is C18H19FN2O2S. The van der Waals surface area contributed by atoms with Crippen molar-refractivity contribution in [2.45, 2.75) is 25.3 Å². The van der Waals surface area contributed by atoms with Crippen molar-refractivity contribution < 1.29 is 14.0 Å². The molecule has 3 rings (SSSR count). The van der Waals surface area contributed by atoms with Gasteiger partial charge in [0.2, 0.25) is 5.91 Å². The second-order valence-corrected chi connectivity index (χ2v) is 6.90. The fourth-order valence-electron chi connectivity index (χ4n) is 2.86. The van der Waals surface area contributed by atoms with Gasteiger partial charge in [-0.3, -0.25) is 9.59 Å². The molecule has 0 spiro atoms. The fraction of sp³-hybridized carbons (Fsp3) is 0.333. The molecule has 126 valence electrons. The number of thiophene rings is 1. The monoisotopic (exact) mass is 346 g/mol. The SMILES string of the molecule is O=C(NC1CCN(C(=O)Cc2cccs2)CC1)c1ccccc1F. The van der Waals surface area contributed by atoms with Gasteiger partial charge in [-0.05, 0) is 36.4 Å². The van der Waals surface area contributed by atoms with Crippen molar-refractivity contribution in [3.05, 3.63) is 58.0 Å². The molecular weight excluding hydrogens is 327 g/mol. The molecule has 24 heavy (non-hydrogen) atoms. The summed E-state index contributed by atoms with van der Waals surface area (Å²) in [5, 5.41) is 4.83. The Bertz CT molecular complexity index is 710. The summed E-state index contributed by atoms with van der Waals surface area (Å²) in [4.78, 5) is 27.3. The summed E-state index contributed by atoms with van der Waals surface area (Å²) in [5.74, 6) is -0.786. The molecule has 1 N–H and O–H groups in total. The van der Waals surface area contributed by atoms with Crippen molar-refractivity contribution in [1.29, 1.82) is 0 Å². The number of piperidine rings is 1. The lowest BCUT2D eigenvalue weighted by Crippen LogP contribution is -2.47. The number of benzene rings is 1. The van der Waals surface area contributed by atoms with Gasteiger partial charge in [-0.15, -0.1) is 11.3 Å². The highest BCUT2D eigenvalue weighted by atomic mass is 32.1. The second kappa shape index (κ2) is 7.57. The molecule has 2 heterocycles. The van der Waals surface area contributed by atoms with E-state index in [1.807, 2.05) is 22.4 Å². The first-order valence-corrected chi connectivity index (χ1v) is 8.87. The van der Waals surface area contributed by atoms with Crippen LogP contribution >= 0.6 is 11.3 Å². The molecule has 1 aliphatic rings. The molecule has 0 unspecified atom stereocenters. The Morgan fingerprint density at radius 2 is 1.92 bits per heavy atom. The van der Waals surface area contributed by atoms with Crippen LogP contribution in [0.5, 0.6) is 0 Å². The number of rotatable bonds is 4. The van der Waals surface area contributed by atoms with Gasteiger partial charge < -0.3 is 10.2 Å². The van der Waals surface area contributed by atoms with Crippen LogP contribution in [0.1, 0.15) is 28.1 Å². The van der Waals surface area contributed by atoms with Gasteiger partial charge in [-0.2, -0.15) is 0 Å². The predicted molar refractivity (Wildman–Crippen MR) is 91.5 cm³/mol. The van der Waals surface area contributed by atoms with Gasteiger partial charge in [0, 0.05) is 24.0 Å². The van der Waals surface area contributed by atoms with Gasteiger partial charge >= 0.3 is 0 Å². The zero-order valence-corrected chi connectivity index (χ0v) is 14.0. The molecule has 1 aromatic heterocycles. The molecule has 4 nitrogen and oxygen atoms in total. The van der Waals surface area contributed by atoms with Gasteiger partial charge in [-0.25, -0.2) is 4.39 Å². The Morgan fingerprint density at radius 1 is 1.17 bits per heavy atom. The van der Waals surface area contributed by atoms with E-state index in [-0.39, 0.29) is 17.5 Å². The van der Waals surface area contributed by atoms with E-state index in [9.17, 15) is 14.0 Å². The number of nitrogens with one attached hydrogen (secondary N) is 1. The van der Waals surface area contributed by atoms with Crippen LogP contribution in [0.3, 0.4) is 0 Å². The Kier molecular flexibility index (Phi) is 5.25. The molecule has 0 atom stereocenters. The Balaban J connectivity index is 1.49. The van der Waals surface area contributed by atoms with Crippen LogP contribution in [0.25, 0.3) is 0 Å².